The molecule has 0 amide bonds. The maximum Gasteiger partial charge on any atom is 0.199 e. The van der Waals surface area contributed by atoms with Gasteiger partial charge in [0.15, 0.2) is 5.71 Å². The lowest BCUT2D eigenvalue weighted by atomic mass is 9.63. The third kappa shape index (κ3) is 2.78. The summed E-state index contributed by atoms with van der Waals surface area (Å²) in [4.78, 5) is 2.19. The zero-order valence-electron chi connectivity index (χ0n) is 16.9. The van der Waals surface area contributed by atoms with Crippen LogP contribution in [-0.4, -0.2) is 38.5 Å². The van der Waals surface area contributed by atoms with Gasteiger partial charge in [0, 0.05) is 37.3 Å². The zero-order valence-corrected chi connectivity index (χ0v) is 16.9. The first-order valence-electron chi connectivity index (χ1n) is 9.16. The van der Waals surface area contributed by atoms with Crippen LogP contribution in [0.4, 0.5) is 5.69 Å². The molecule has 25 heavy (non-hydrogen) atoms. The fourth-order valence-corrected chi connectivity index (χ4v) is 4.04. The van der Waals surface area contributed by atoms with E-state index in [1.807, 2.05) is 0 Å². The minimum atomic E-state index is -0.0128. The van der Waals surface area contributed by atoms with Crippen LogP contribution >= 0.6 is 0 Å². The lowest BCUT2D eigenvalue weighted by molar-refractivity contribution is -0.462. The van der Waals surface area contributed by atoms with E-state index >= 15 is 0 Å². The van der Waals surface area contributed by atoms with E-state index in [4.69, 9.17) is 0 Å². The average molecular weight is 336 g/mol. The molecule has 2 aliphatic carbocycles. The van der Waals surface area contributed by atoms with Gasteiger partial charge < -0.3 is 4.90 Å². The van der Waals surface area contributed by atoms with E-state index in [1.54, 1.807) is 0 Å². The fraction of sp³-hybridized carbons (Fsp3) is 0.435. The second kappa shape index (κ2) is 6.01. The van der Waals surface area contributed by atoms with Gasteiger partial charge in [0.25, 0.3) is 0 Å². The molecule has 0 saturated carbocycles. The predicted molar refractivity (Wildman–Crippen MR) is 110 cm³/mol. The molecule has 1 aromatic rings. The molecular weight excluding hydrogens is 304 g/mol. The van der Waals surface area contributed by atoms with Crippen LogP contribution in [0.2, 0.25) is 0 Å². The quantitative estimate of drug-likeness (QED) is 0.712. The monoisotopic (exact) mass is 335 g/mol. The van der Waals surface area contributed by atoms with Crippen molar-refractivity contribution in [2.24, 2.45) is 5.92 Å². The Kier molecular flexibility index (Phi) is 4.26. The van der Waals surface area contributed by atoms with Crippen molar-refractivity contribution in [1.82, 2.24) is 0 Å². The first kappa shape index (κ1) is 17.7. The maximum atomic E-state index is 2.38. The van der Waals surface area contributed by atoms with E-state index in [0.717, 1.165) is 0 Å². The Hall–Kier alpha value is -2.09. The van der Waals surface area contributed by atoms with Crippen LogP contribution in [0.5, 0.6) is 0 Å². The summed E-state index contributed by atoms with van der Waals surface area (Å²) in [6, 6.07) is 6.95. The number of benzene rings is 1. The molecule has 0 N–H and O–H groups in total. The van der Waals surface area contributed by atoms with Gasteiger partial charge in [0.2, 0.25) is 0 Å². The Labute approximate surface area is 152 Å². The SMILES string of the molecule is CC(C)C1=C2C=CC(=[N+](C)C)C=C2C(C)(C)c2cc(N(C)C)ccc21. The molecule has 132 valence electrons. The van der Waals surface area contributed by atoms with Crippen LogP contribution < -0.4 is 4.90 Å². The first-order valence-corrected chi connectivity index (χ1v) is 9.16. The molecule has 0 spiro atoms. The van der Waals surface area contributed by atoms with Gasteiger partial charge in [-0.3, -0.25) is 0 Å². The molecule has 0 unspecified atom stereocenters. The van der Waals surface area contributed by atoms with Gasteiger partial charge in [0.05, 0.1) is 0 Å². The molecule has 1 aromatic carbocycles. The van der Waals surface area contributed by atoms with Crippen molar-refractivity contribution >= 4 is 17.0 Å². The number of hydrogen-bond acceptors (Lipinski definition) is 1. The maximum absolute atomic E-state index is 2.38. The molecule has 0 saturated heterocycles. The second-order valence-electron chi connectivity index (χ2n) is 8.44. The molecule has 0 heterocycles. The Bertz CT molecular complexity index is 839. The lowest BCUT2D eigenvalue weighted by Gasteiger charge is -2.40. The summed E-state index contributed by atoms with van der Waals surface area (Å²) in [5.41, 5.74) is 9.69. The highest BCUT2D eigenvalue weighted by molar-refractivity contribution is 6.05. The van der Waals surface area contributed by atoms with Gasteiger partial charge >= 0.3 is 0 Å². The molecule has 3 rings (SSSR count). The summed E-state index contributed by atoms with van der Waals surface area (Å²) in [5, 5.41) is 0. The van der Waals surface area contributed by atoms with E-state index in [9.17, 15) is 0 Å². The van der Waals surface area contributed by atoms with E-state index in [0.29, 0.717) is 5.92 Å². The summed E-state index contributed by atoms with van der Waals surface area (Å²) in [7, 11) is 8.46. The van der Waals surface area contributed by atoms with Crippen molar-refractivity contribution in [3.05, 3.63) is 58.7 Å². The summed E-state index contributed by atoms with van der Waals surface area (Å²) in [5.74, 6) is 0.490. The standard InChI is InChI=1S/C23H31N2/c1-15(2)22-18-11-9-16(24(5)6)13-20(18)23(3,4)21-14-17(25(7)8)10-12-19(21)22/h9-15H,1-8H3/q+1. The highest BCUT2D eigenvalue weighted by atomic mass is 15.1. The number of hydrogen-bond donors (Lipinski definition) is 0. The second-order valence-corrected chi connectivity index (χ2v) is 8.44. The van der Waals surface area contributed by atoms with E-state index in [2.05, 4.69) is 102 Å². The van der Waals surface area contributed by atoms with Crippen LogP contribution in [0.15, 0.2) is 47.6 Å². The van der Waals surface area contributed by atoms with Crippen LogP contribution in [0.25, 0.3) is 5.57 Å². The predicted octanol–water partition coefficient (Wildman–Crippen LogP) is 4.66. The Balaban J connectivity index is 2.36. The average Bonchev–Trinajstić information content (AvgIpc) is 2.54. The molecule has 2 aliphatic rings. The lowest BCUT2D eigenvalue weighted by Crippen LogP contribution is -2.31. The number of nitrogens with zero attached hydrogens (tertiary/aromatic N) is 2. The molecular formula is C23H31N2+. The number of allylic oxidation sites excluding steroid dienone is 6. The highest BCUT2D eigenvalue weighted by Crippen LogP contribution is 2.50. The van der Waals surface area contributed by atoms with Crippen LogP contribution in [0.3, 0.4) is 0 Å². The molecule has 2 nitrogen and oxygen atoms in total. The minimum absolute atomic E-state index is 0.0128. The normalized spacial score (nSPS) is 18.1. The topological polar surface area (TPSA) is 6.25 Å². The number of rotatable bonds is 2. The zero-order chi connectivity index (χ0) is 18.5. The van der Waals surface area contributed by atoms with Crippen molar-refractivity contribution in [2.75, 3.05) is 33.1 Å². The van der Waals surface area contributed by atoms with Crippen LogP contribution in [-0.2, 0) is 5.41 Å². The summed E-state index contributed by atoms with van der Waals surface area (Å²) in [6.07, 6.45) is 6.95. The third-order valence-corrected chi connectivity index (χ3v) is 5.54. The van der Waals surface area contributed by atoms with Crippen molar-refractivity contribution in [3.8, 4) is 0 Å². The summed E-state index contributed by atoms with van der Waals surface area (Å²) >= 11 is 0. The van der Waals surface area contributed by atoms with Crippen molar-refractivity contribution < 1.29 is 4.58 Å². The van der Waals surface area contributed by atoms with Gasteiger partial charge in [-0.15, -0.1) is 0 Å². The molecule has 0 aliphatic heterocycles. The van der Waals surface area contributed by atoms with E-state index in [1.165, 1.54) is 39.2 Å². The summed E-state index contributed by atoms with van der Waals surface area (Å²) in [6.45, 7) is 9.34. The Morgan fingerprint density at radius 3 is 2.28 bits per heavy atom. The summed E-state index contributed by atoms with van der Waals surface area (Å²) < 4.78 is 2.19. The molecule has 0 fully saturated rings. The van der Waals surface area contributed by atoms with Crippen molar-refractivity contribution in [1.29, 1.82) is 0 Å². The third-order valence-electron chi connectivity index (χ3n) is 5.54. The largest absolute Gasteiger partial charge is 0.378 e. The van der Waals surface area contributed by atoms with E-state index < -0.39 is 0 Å². The molecule has 0 bridgehead atoms. The number of fused-ring (bicyclic) bond motifs is 2. The van der Waals surface area contributed by atoms with Gasteiger partial charge in [0.1, 0.15) is 14.1 Å². The van der Waals surface area contributed by atoms with Crippen LogP contribution in [0, 0.1) is 5.92 Å². The van der Waals surface area contributed by atoms with Gasteiger partial charge in [-0.05, 0) is 52.0 Å². The highest BCUT2D eigenvalue weighted by Gasteiger charge is 2.38. The Morgan fingerprint density at radius 2 is 1.72 bits per heavy atom. The van der Waals surface area contributed by atoms with Gasteiger partial charge in [-0.25, -0.2) is 4.58 Å². The van der Waals surface area contributed by atoms with Crippen molar-refractivity contribution in [3.63, 3.8) is 0 Å². The minimum Gasteiger partial charge on any atom is -0.378 e. The fourth-order valence-electron chi connectivity index (χ4n) is 4.04. The van der Waals surface area contributed by atoms with Crippen LogP contribution in [0.1, 0.15) is 38.8 Å². The Morgan fingerprint density at radius 1 is 1.04 bits per heavy atom. The first-order chi connectivity index (χ1) is 11.6. The van der Waals surface area contributed by atoms with E-state index in [-0.39, 0.29) is 5.41 Å². The number of anilines is 1. The molecule has 0 atom stereocenters. The molecule has 0 radical (unpaired) electrons. The van der Waals surface area contributed by atoms with Gasteiger partial charge in [-0.2, -0.15) is 0 Å². The van der Waals surface area contributed by atoms with Crippen molar-refractivity contribution in [2.45, 2.75) is 33.1 Å². The molecule has 0 aromatic heterocycles. The molecule has 2 heteroatoms. The van der Waals surface area contributed by atoms with Gasteiger partial charge in [-0.1, -0.05) is 33.8 Å². The smallest absolute Gasteiger partial charge is 0.199 e.